The molecule has 1 fully saturated rings. The quantitative estimate of drug-likeness (QED) is 0.635. The Bertz CT molecular complexity index is 336. The minimum Gasteiger partial charge on any atom is -0.481 e. The Kier molecular flexibility index (Phi) is 6.46. The van der Waals surface area contributed by atoms with Gasteiger partial charge in [-0.1, -0.05) is 27.2 Å². The van der Waals surface area contributed by atoms with E-state index in [-0.39, 0.29) is 12.5 Å². The molecular formula is C15H28N2O3. The van der Waals surface area contributed by atoms with Crippen molar-refractivity contribution in [3.63, 3.8) is 0 Å². The molecule has 5 nitrogen and oxygen atoms in total. The Balaban J connectivity index is 2.57. The van der Waals surface area contributed by atoms with E-state index in [1.165, 1.54) is 0 Å². The van der Waals surface area contributed by atoms with Crippen LogP contribution in [-0.4, -0.2) is 35.6 Å². The van der Waals surface area contributed by atoms with Crippen molar-refractivity contribution in [2.24, 2.45) is 11.8 Å². The van der Waals surface area contributed by atoms with Crippen molar-refractivity contribution in [3.8, 4) is 0 Å². The van der Waals surface area contributed by atoms with Gasteiger partial charge in [0.2, 0.25) is 5.91 Å². The molecule has 0 aromatic rings. The zero-order valence-corrected chi connectivity index (χ0v) is 12.9. The smallest absolute Gasteiger partial charge is 0.308 e. The normalized spacial score (nSPS) is 23.8. The summed E-state index contributed by atoms with van der Waals surface area (Å²) < 4.78 is 0. The summed E-state index contributed by atoms with van der Waals surface area (Å²) in [5, 5.41) is 15.4. The van der Waals surface area contributed by atoms with Crippen molar-refractivity contribution in [2.45, 2.75) is 58.4 Å². The molecule has 1 saturated heterocycles. The van der Waals surface area contributed by atoms with Gasteiger partial charge in [0.25, 0.3) is 0 Å². The Hall–Kier alpha value is -1.10. The number of carbonyl (C=O) groups is 2. The summed E-state index contributed by atoms with van der Waals surface area (Å²) in [6, 6.07) is 0. The zero-order chi connectivity index (χ0) is 15.2. The molecule has 1 aliphatic heterocycles. The van der Waals surface area contributed by atoms with Crippen LogP contribution < -0.4 is 10.6 Å². The predicted octanol–water partition coefficient (Wildman–Crippen LogP) is 1.77. The number of rotatable bonds is 8. The standard InChI is InChI=1S/C15H28N2O3/c1-4-6-15(7-5-8-17-15)14(20)16-10-12(13(18)19)9-11(2)3/h11-12,17H,4-10H2,1-3H3,(H,16,20)(H,18,19). The Morgan fingerprint density at radius 3 is 2.55 bits per heavy atom. The molecule has 1 heterocycles. The van der Waals surface area contributed by atoms with Crippen LogP contribution in [0.15, 0.2) is 0 Å². The van der Waals surface area contributed by atoms with Crippen LogP contribution in [0.4, 0.5) is 0 Å². The monoisotopic (exact) mass is 284 g/mol. The summed E-state index contributed by atoms with van der Waals surface area (Å²) in [5.41, 5.74) is -0.477. The van der Waals surface area contributed by atoms with E-state index in [4.69, 9.17) is 0 Å². The zero-order valence-electron chi connectivity index (χ0n) is 12.9. The van der Waals surface area contributed by atoms with Gasteiger partial charge in [0, 0.05) is 6.54 Å². The first-order valence-corrected chi connectivity index (χ1v) is 7.67. The van der Waals surface area contributed by atoms with Crippen LogP contribution in [-0.2, 0) is 9.59 Å². The number of hydrogen-bond donors (Lipinski definition) is 3. The van der Waals surface area contributed by atoms with Gasteiger partial charge in [-0.15, -0.1) is 0 Å². The van der Waals surface area contributed by atoms with Gasteiger partial charge in [0.1, 0.15) is 0 Å². The summed E-state index contributed by atoms with van der Waals surface area (Å²) in [6.45, 7) is 7.14. The summed E-state index contributed by atoms with van der Waals surface area (Å²) in [5.74, 6) is -1.06. The molecule has 0 bridgehead atoms. The van der Waals surface area contributed by atoms with E-state index in [9.17, 15) is 14.7 Å². The van der Waals surface area contributed by atoms with Crippen molar-refractivity contribution < 1.29 is 14.7 Å². The topological polar surface area (TPSA) is 78.4 Å². The first-order chi connectivity index (χ1) is 9.41. The van der Waals surface area contributed by atoms with Crippen molar-refractivity contribution in [3.05, 3.63) is 0 Å². The highest BCUT2D eigenvalue weighted by Crippen LogP contribution is 2.25. The summed E-state index contributed by atoms with van der Waals surface area (Å²) >= 11 is 0. The van der Waals surface area contributed by atoms with Gasteiger partial charge in [-0.2, -0.15) is 0 Å². The van der Waals surface area contributed by atoms with E-state index in [1.54, 1.807) is 0 Å². The lowest BCUT2D eigenvalue weighted by Crippen LogP contribution is -2.54. The van der Waals surface area contributed by atoms with Crippen LogP contribution in [0.25, 0.3) is 0 Å². The predicted molar refractivity (Wildman–Crippen MR) is 78.5 cm³/mol. The minimum absolute atomic E-state index is 0.0353. The Labute approximate surface area is 121 Å². The van der Waals surface area contributed by atoms with Crippen LogP contribution in [0, 0.1) is 11.8 Å². The molecule has 2 unspecified atom stereocenters. The first-order valence-electron chi connectivity index (χ1n) is 7.67. The molecule has 0 spiro atoms. The molecule has 0 saturated carbocycles. The molecule has 20 heavy (non-hydrogen) atoms. The van der Waals surface area contributed by atoms with Gasteiger partial charge in [-0.3, -0.25) is 9.59 Å². The maximum Gasteiger partial charge on any atom is 0.308 e. The van der Waals surface area contributed by atoms with Crippen LogP contribution in [0.1, 0.15) is 52.9 Å². The Morgan fingerprint density at radius 2 is 2.10 bits per heavy atom. The van der Waals surface area contributed by atoms with E-state index in [0.717, 1.165) is 32.2 Å². The van der Waals surface area contributed by atoms with E-state index in [0.29, 0.717) is 12.3 Å². The lowest BCUT2D eigenvalue weighted by atomic mass is 9.90. The van der Waals surface area contributed by atoms with Crippen molar-refractivity contribution in [2.75, 3.05) is 13.1 Å². The van der Waals surface area contributed by atoms with Crippen LogP contribution in [0.5, 0.6) is 0 Å². The third-order valence-corrected chi connectivity index (χ3v) is 3.97. The van der Waals surface area contributed by atoms with E-state index < -0.39 is 17.4 Å². The van der Waals surface area contributed by atoms with Crippen molar-refractivity contribution >= 4 is 11.9 Å². The molecule has 0 aliphatic carbocycles. The molecule has 3 N–H and O–H groups in total. The van der Waals surface area contributed by atoms with Gasteiger partial charge in [-0.05, 0) is 38.1 Å². The van der Waals surface area contributed by atoms with Crippen molar-refractivity contribution in [1.29, 1.82) is 0 Å². The number of nitrogens with one attached hydrogen (secondary N) is 2. The molecule has 1 rings (SSSR count). The third kappa shape index (κ3) is 4.47. The number of hydrogen-bond acceptors (Lipinski definition) is 3. The Morgan fingerprint density at radius 1 is 1.40 bits per heavy atom. The number of amides is 1. The molecule has 5 heteroatoms. The van der Waals surface area contributed by atoms with Crippen LogP contribution >= 0.6 is 0 Å². The van der Waals surface area contributed by atoms with Crippen molar-refractivity contribution in [1.82, 2.24) is 10.6 Å². The van der Waals surface area contributed by atoms with E-state index in [1.807, 2.05) is 13.8 Å². The van der Waals surface area contributed by atoms with Gasteiger partial charge in [-0.25, -0.2) is 0 Å². The molecule has 2 atom stereocenters. The second kappa shape index (κ2) is 7.62. The highest BCUT2D eigenvalue weighted by Gasteiger charge is 2.40. The summed E-state index contributed by atoms with van der Waals surface area (Å²) in [4.78, 5) is 23.6. The molecule has 1 aliphatic rings. The van der Waals surface area contributed by atoms with Crippen LogP contribution in [0.2, 0.25) is 0 Å². The second-order valence-corrected chi connectivity index (χ2v) is 6.24. The maximum absolute atomic E-state index is 12.4. The van der Waals surface area contributed by atoms with Crippen LogP contribution in [0.3, 0.4) is 0 Å². The van der Waals surface area contributed by atoms with Gasteiger partial charge < -0.3 is 15.7 Å². The molecule has 0 radical (unpaired) electrons. The van der Waals surface area contributed by atoms with Gasteiger partial charge in [0.05, 0.1) is 11.5 Å². The molecular weight excluding hydrogens is 256 g/mol. The minimum atomic E-state index is -0.831. The molecule has 1 amide bonds. The summed E-state index contributed by atoms with van der Waals surface area (Å²) in [7, 11) is 0. The lowest BCUT2D eigenvalue weighted by molar-refractivity contribution is -0.142. The highest BCUT2D eigenvalue weighted by atomic mass is 16.4. The number of carboxylic acid groups (broad SMARTS) is 1. The van der Waals surface area contributed by atoms with E-state index >= 15 is 0 Å². The maximum atomic E-state index is 12.4. The SMILES string of the molecule is CCCC1(C(=O)NCC(CC(C)C)C(=O)O)CCCN1. The third-order valence-electron chi connectivity index (χ3n) is 3.97. The van der Waals surface area contributed by atoms with Gasteiger partial charge in [0.15, 0.2) is 0 Å². The lowest BCUT2D eigenvalue weighted by Gasteiger charge is -2.28. The molecule has 0 aromatic carbocycles. The fraction of sp³-hybridized carbons (Fsp3) is 0.867. The second-order valence-electron chi connectivity index (χ2n) is 6.24. The fourth-order valence-electron chi connectivity index (χ4n) is 2.98. The highest BCUT2D eigenvalue weighted by molar-refractivity contribution is 5.87. The average molecular weight is 284 g/mol. The number of carboxylic acids is 1. The first kappa shape index (κ1) is 17.0. The fourth-order valence-corrected chi connectivity index (χ4v) is 2.98. The van der Waals surface area contributed by atoms with Gasteiger partial charge >= 0.3 is 5.97 Å². The number of carbonyl (C=O) groups excluding carboxylic acids is 1. The van der Waals surface area contributed by atoms with E-state index in [2.05, 4.69) is 17.6 Å². The average Bonchev–Trinajstić information content (AvgIpc) is 2.83. The number of aliphatic carboxylic acids is 1. The largest absolute Gasteiger partial charge is 0.481 e. The molecule has 116 valence electrons. The summed E-state index contributed by atoms with van der Waals surface area (Å²) in [6.07, 6.45) is 4.18. The molecule has 0 aromatic heterocycles.